The Morgan fingerprint density at radius 2 is 1.65 bits per heavy atom. The Balaban J connectivity index is 1.73. The molecule has 0 radical (unpaired) electrons. The van der Waals surface area contributed by atoms with Gasteiger partial charge in [0.2, 0.25) is 5.78 Å². The van der Waals surface area contributed by atoms with Crippen molar-refractivity contribution >= 4 is 28.9 Å². The molecule has 1 atom stereocenters. The molecule has 9 heteroatoms. The number of hydrogen-bond acceptors (Lipinski definition) is 7. The number of rotatable bonds is 10. The standard InChI is InChI=1S/C25H21FN2O6/c1-16-7-8-18(13-22(16)28(32)33)24(30)15-34-25(31)21(27-20-11-9-19(26)10-12-20)14-23(29)17-5-3-2-4-6-17/h2-13,21,27H,14-15H2,1H3/t21-/m1/s1. The number of anilines is 1. The van der Waals surface area contributed by atoms with Gasteiger partial charge in [0.05, 0.1) is 4.92 Å². The Hall–Kier alpha value is -4.40. The predicted molar refractivity (Wildman–Crippen MR) is 122 cm³/mol. The van der Waals surface area contributed by atoms with Gasteiger partial charge in [-0.05, 0) is 31.2 Å². The van der Waals surface area contributed by atoms with Crippen molar-refractivity contribution < 1.29 is 28.4 Å². The van der Waals surface area contributed by atoms with Gasteiger partial charge in [-0.25, -0.2) is 9.18 Å². The van der Waals surface area contributed by atoms with E-state index in [9.17, 15) is 28.9 Å². The number of nitro groups is 1. The summed E-state index contributed by atoms with van der Waals surface area (Å²) in [5.41, 5.74) is 0.963. The maximum Gasteiger partial charge on any atom is 0.329 e. The minimum absolute atomic E-state index is 0.0218. The number of ether oxygens (including phenoxy) is 1. The third-order valence-corrected chi connectivity index (χ3v) is 5.03. The van der Waals surface area contributed by atoms with Crippen LogP contribution in [-0.2, 0) is 9.53 Å². The summed E-state index contributed by atoms with van der Waals surface area (Å²) in [4.78, 5) is 48.4. The van der Waals surface area contributed by atoms with E-state index in [1.54, 1.807) is 37.3 Å². The molecule has 3 aromatic rings. The van der Waals surface area contributed by atoms with E-state index in [4.69, 9.17) is 4.74 Å². The molecule has 0 aliphatic heterocycles. The minimum atomic E-state index is -1.15. The zero-order chi connectivity index (χ0) is 24.7. The predicted octanol–water partition coefficient (Wildman–Crippen LogP) is 4.52. The second-order valence-electron chi connectivity index (χ2n) is 7.49. The van der Waals surface area contributed by atoms with E-state index in [1.807, 2.05) is 0 Å². The summed E-state index contributed by atoms with van der Waals surface area (Å²) in [6, 6.07) is 16.3. The first-order chi connectivity index (χ1) is 16.2. The summed E-state index contributed by atoms with van der Waals surface area (Å²) < 4.78 is 18.4. The summed E-state index contributed by atoms with van der Waals surface area (Å²) in [7, 11) is 0. The van der Waals surface area contributed by atoms with Crippen LogP contribution < -0.4 is 5.32 Å². The molecule has 34 heavy (non-hydrogen) atoms. The second-order valence-corrected chi connectivity index (χ2v) is 7.49. The molecule has 0 aliphatic carbocycles. The molecule has 0 aliphatic rings. The minimum Gasteiger partial charge on any atom is -0.456 e. The van der Waals surface area contributed by atoms with Gasteiger partial charge in [0.1, 0.15) is 11.9 Å². The SMILES string of the molecule is Cc1ccc(C(=O)COC(=O)[C@@H](CC(=O)c2ccccc2)Nc2ccc(F)cc2)cc1[N+](=O)[O-]. The van der Waals surface area contributed by atoms with Crippen molar-refractivity contribution in [3.63, 3.8) is 0 Å². The lowest BCUT2D eigenvalue weighted by Gasteiger charge is -2.18. The second kappa shape index (κ2) is 11.0. The third-order valence-electron chi connectivity index (χ3n) is 5.03. The van der Waals surface area contributed by atoms with Crippen molar-refractivity contribution in [2.24, 2.45) is 0 Å². The Bertz CT molecular complexity index is 1210. The first-order valence-electron chi connectivity index (χ1n) is 10.3. The first-order valence-corrected chi connectivity index (χ1v) is 10.3. The highest BCUT2D eigenvalue weighted by molar-refractivity contribution is 6.01. The molecule has 0 unspecified atom stereocenters. The summed E-state index contributed by atoms with van der Waals surface area (Å²) in [6.45, 7) is 0.877. The zero-order valence-corrected chi connectivity index (χ0v) is 18.2. The van der Waals surface area contributed by atoms with E-state index in [2.05, 4.69) is 5.32 Å². The molecular formula is C25H21FN2O6. The number of ketones is 2. The number of benzene rings is 3. The first kappa shape index (κ1) is 24.2. The molecule has 0 spiro atoms. The van der Waals surface area contributed by atoms with E-state index >= 15 is 0 Å². The fourth-order valence-electron chi connectivity index (χ4n) is 3.17. The van der Waals surface area contributed by atoms with E-state index < -0.39 is 35.1 Å². The van der Waals surface area contributed by atoms with Gasteiger partial charge in [-0.2, -0.15) is 0 Å². The van der Waals surface area contributed by atoms with Crippen LogP contribution in [0.4, 0.5) is 15.8 Å². The molecule has 0 amide bonds. The van der Waals surface area contributed by atoms with Gasteiger partial charge in [0, 0.05) is 34.9 Å². The number of Topliss-reactive ketones (excluding diaryl/α,β-unsaturated/α-hetero) is 2. The van der Waals surface area contributed by atoms with Crippen LogP contribution in [0.15, 0.2) is 72.8 Å². The van der Waals surface area contributed by atoms with E-state index in [-0.39, 0.29) is 23.5 Å². The Morgan fingerprint density at radius 1 is 0.971 bits per heavy atom. The molecule has 3 aromatic carbocycles. The fraction of sp³-hybridized carbons (Fsp3) is 0.160. The van der Waals surface area contributed by atoms with Gasteiger partial charge in [-0.3, -0.25) is 19.7 Å². The maximum atomic E-state index is 13.2. The molecule has 0 fully saturated rings. The van der Waals surface area contributed by atoms with Gasteiger partial charge in [-0.15, -0.1) is 0 Å². The number of nitrogens with zero attached hydrogens (tertiary/aromatic N) is 1. The van der Waals surface area contributed by atoms with Crippen LogP contribution in [0, 0.1) is 22.9 Å². The summed E-state index contributed by atoms with van der Waals surface area (Å²) in [6.07, 6.45) is -0.273. The van der Waals surface area contributed by atoms with Crippen molar-refractivity contribution in [2.75, 3.05) is 11.9 Å². The van der Waals surface area contributed by atoms with Gasteiger partial charge in [0.15, 0.2) is 12.4 Å². The van der Waals surface area contributed by atoms with E-state index in [0.717, 1.165) is 6.07 Å². The lowest BCUT2D eigenvalue weighted by atomic mass is 10.0. The maximum absolute atomic E-state index is 13.2. The van der Waals surface area contributed by atoms with Crippen molar-refractivity contribution in [1.29, 1.82) is 0 Å². The number of hydrogen-bond donors (Lipinski definition) is 1. The summed E-state index contributed by atoms with van der Waals surface area (Å²) >= 11 is 0. The molecule has 0 saturated carbocycles. The largest absolute Gasteiger partial charge is 0.456 e. The van der Waals surface area contributed by atoms with Crippen molar-refractivity contribution in [3.8, 4) is 0 Å². The number of carbonyl (C=O) groups is 3. The molecule has 174 valence electrons. The van der Waals surface area contributed by atoms with Gasteiger partial charge in [-0.1, -0.05) is 42.5 Å². The molecule has 3 rings (SSSR count). The Morgan fingerprint density at radius 3 is 2.29 bits per heavy atom. The van der Waals surface area contributed by atoms with Crippen molar-refractivity contribution in [2.45, 2.75) is 19.4 Å². The molecule has 0 heterocycles. The summed E-state index contributed by atoms with van der Waals surface area (Å²) in [5, 5.41) is 14.0. The van der Waals surface area contributed by atoms with Gasteiger partial charge >= 0.3 is 5.97 Å². The van der Waals surface area contributed by atoms with Crippen molar-refractivity contribution in [3.05, 3.63) is 105 Å². The number of nitro benzene ring substituents is 1. The Kier molecular flexibility index (Phi) is 7.81. The number of halogens is 1. The number of carbonyl (C=O) groups excluding carboxylic acids is 3. The highest BCUT2D eigenvalue weighted by Gasteiger charge is 2.25. The lowest BCUT2D eigenvalue weighted by molar-refractivity contribution is -0.385. The van der Waals surface area contributed by atoms with Crippen LogP contribution >= 0.6 is 0 Å². The molecule has 8 nitrogen and oxygen atoms in total. The van der Waals surface area contributed by atoms with E-state index in [1.165, 1.54) is 36.4 Å². The van der Waals surface area contributed by atoms with Crippen molar-refractivity contribution in [1.82, 2.24) is 0 Å². The third kappa shape index (κ3) is 6.32. The zero-order valence-electron chi connectivity index (χ0n) is 18.2. The molecule has 0 aromatic heterocycles. The average molecular weight is 464 g/mol. The lowest BCUT2D eigenvalue weighted by Crippen LogP contribution is -2.34. The Labute approximate surface area is 194 Å². The smallest absolute Gasteiger partial charge is 0.329 e. The van der Waals surface area contributed by atoms with Crippen LogP contribution in [0.2, 0.25) is 0 Å². The van der Waals surface area contributed by atoms with Crippen LogP contribution in [0.25, 0.3) is 0 Å². The van der Waals surface area contributed by atoms with Crippen LogP contribution in [0.3, 0.4) is 0 Å². The topological polar surface area (TPSA) is 116 Å². The fourth-order valence-corrected chi connectivity index (χ4v) is 3.17. The highest BCUT2D eigenvalue weighted by Crippen LogP contribution is 2.20. The van der Waals surface area contributed by atoms with Gasteiger partial charge in [0.25, 0.3) is 5.69 Å². The van der Waals surface area contributed by atoms with Crippen LogP contribution in [0.1, 0.15) is 32.7 Å². The van der Waals surface area contributed by atoms with Crippen LogP contribution in [-0.4, -0.2) is 35.1 Å². The van der Waals surface area contributed by atoms with E-state index in [0.29, 0.717) is 16.8 Å². The quantitative estimate of drug-likeness (QED) is 0.203. The number of esters is 1. The monoisotopic (exact) mass is 464 g/mol. The molecule has 0 saturated heterocycles. The van der Waals surface area contributed by atoms with Crippen LogP contribution in [0.5, 0.6) is 0 Å². The van der Waals surface area contributed by atoms with Gasteiger partial charge < -0.3 is 10.1 Å². The average Bonchev–Trinajstić information content (AvgIpc) is 2.83. The summed E-state index contributed by atoms with van der Waals surface area (Å²) in [5.74, 6) is -2.31. The highest BCUT2D eigenvalue weighted by atomic mass is 19.1. The normalized spacial score (nSPS) is 11.4. The molecule has 1 N–H and O–H groups in total. The molecular weight excluding hydrogens is 443 g/mol. The number of nitrogens with one attached hydrogen (secondary N) is 1. The number of aryl methyl sites for hydroxylation is 1. The molecule has 0 bridgehead atoms.